The average molecular weight is 167 g/mol. The van der Waals surface area contributed by atoms with E-state index in [-0.39, 0.29) is 0 Å². The summed E-state index contributed by atoms with van der Waals surface area (Å²) in [5.74, 6) is 0. The van der Waals surface area contributed by atoms with Crippen LogP contribution in [-0.2, 0) is 6.42 Å². The number of hydrogen-bond acceptors (Lipinski definition) is 3. The van der Waals surface area contributed by atoms with Gasteiger partial charge in [0.05, 0.1) is 0 Å². The first-order valence-corrected chi connectivity index (χ1v) is 3.88. The summed E-state index contributed by atoms with van der Waals surface area (Å²) < 4.78 is 0. The van der Waals surface area contributed by atoms with E-state index in [4.69, 9.17) is 0 Å². The van der Waals surface area contributed by atoms with Gasteiger partial charge in [0, 0.05) is 4.90 Å². The van der Waals surface area contributed by atoms with Gasteiger partial charge in [-0.05, 0) is 29.3 Å². The molecule has 0 heterocycles. The van der Waals surface area contributed by atoms with Gasteiger partial charge in [-0.3, -0.25) is 0 Å². The molecule has 2 nitrogen and oxygen atoms in total. The normalized spacial score (nSPS) is 9.64. The molecule has 0 unspecified atom stereocenters. The van der Waals surface area contributed by atoms with Crippen molar-refractivity contribution in [2.24, 2.45) is 5.18 Å². The summed E-state index contributed by atoms with van der Waals surface area (Å²) in [6.07, 6.45) is 0.929. The lowest BCUT2D eigenvalue weighted by Crippen LogP contribution is -1.80. The third kappa shape index (κ3) is 1.80. The molecule has 3 heteroatoms. The van der Waals surface area contributed by atoms with Crippen molar-refractivity contribution < 1.29 is 0 Å². The Morgan fingerprint density at radius 3 is 2.73 bits per heavy atom. The largest absolute Gasteiger partial charge is 0.145 e. The predicted octanol–water partition coefficient (Wildman–Crippen LogP) is 2.94. The van der Waals surface area contributed by atoms with Crippen LogP contribution in [0.5, 0.6) is 0 Å². The number of hydrogen-bond donors (Lipinski definition) is 1. The number of nitroso groups, excluding NO2 is 1. The standard InChI is InChI=1S/C8H9NOS/c1-2-6-3-4-7(9-10)5-8(6)11/h3-5,11H,2H2,1H3. The fourth-order valence-electron chi connectivity index (χ4n) is 0.908. The van der Waals surface area contributed by atoms with Crippen LogP contribution in [0.2, 0.25) is 0 Å². The van der Waals surface area contributed by atoms with Crippen molar-refractivity contribution in [1.29, 1.82) is 0 Å². The van der Waals surface area contributed by atoms with E-state index < -0.39 is 0 Å². The van der Waals surface area contributed by atoms with Crippen molar-refractivity contribution in [2.75, 3.05) is 0 Å². The molecule has 0 fully saturated rings. The molecule has 1 aromatic rings. The Labute approximate surface area is 71.0 Å². The van der Waals surface area contributed by atoms with E-state index in [1.54, 1.807) is 12.1 Å². The summed E-state index contributed by atoms with van der Waals surface area (Å²) in [7, 11) is 0. The third-order valence-electron chi connectivity index (χ3n) is 1.56. The molecule has 0 aliphatic carbocycles. The second-order valence-electron chi connectivity index (χ2n) is 2.26. The van der Waals surface area contributed by atoms with E-state index in [2.05, 4.69) is 17.8 Å². The molecule has 58 valence electrons. The molecule has 0 radical (unpaired) electrons. The number of benzene rings is 1. The molecular weight excluding hydrogens is 158 g/mol. The van der Waals surface area contributed by atoms with E-state index in [0.717, 1.165) is 16.9 Å². The summed E-state index contributed by atoms with van der Waals surface area (Å²) in [5.41, 5.74) is 1.58. The van der Waals surface area contributed by atoms with Gasteiger partial charge in [0.1, 0.15) is 5.69 Å². The van der Waals surface area contributed by atoms with Gasteiger partial charge in [0.2, 0.25) is 0 Å². The maximum absolute atomic E-state index is 10.1. The second kappa shape index (κ2) is 3.53. The van der Waals surface area contributed by atoms with Crippen molar-refractivity contribution in [3.05, 3.63) is 28.7 Å². The number of thiol groups is 1. The number of rotatable bonds is 2. The Morgan fingerprint density at radius 1 is 1.55 bits per heavy atom. The Morgan fingerprint density at radius 2 is 2.27 bits per heavy atom. The molecule has 0 aliphatic heterocycles. The maximum atomic E-state index is 10.1. The summed E-state index contributed by atoms with van der Waals surface area (Å²) >= 11 is 4.20. The highest BCUT2D eigenvalue weighted by Gasteiger charge is 1.97. The summed E-state index contributed by atoms with van der Waals surface area (Å²) in [6, 6.07) is 5.25. The third-order valence-corrected chi connectivity index (χ3v) is 1.97. The molecule has 0 N–H and O–H groups in total. The van der Waals surface area contributed by atoms with Gasteiger partial charge in [0.15, 0.2) is 0 Å². The van der Waals surface area contributed by atoms with Crippen molar-refractivity contribution in [2.45, 2.75) is 18.2 Å². The molecule has 11 heavy (non-hydrogen) atoms. The maximum Gasteiger partial charge on any atom is 0.109 e. The predicted molar refractivity (Wildman–Crippen MR) is 48.5 cm³/mol. The zero-order chi connectivity index (χ0) is 8.27. The molecule has 0 aliphatic rings. The van der Waals surface area contributed by atoms with Crippen molar-refractivity contribution in [3.63, 3.8) is 0 Å². The molecule has 0 spiro atoms. The molecule has 0 amide bonds. The minimum atomic E-state index is 0.437. The first kappa shape index (κ1) is 8.27. The molecule has 0 atom stereocenters. The Bertz CT molecular complexity index is 273. The molecule has 1 aromatic carbocycles. The van der Waals surface area contributed by atoms with E-state index in [1.807, 2.05) is 13.0 Å². The van der Waals surface area contributed by atoms with Crippen LogP contribution in [0.3, 0.4) is 0 Å². The minimum Gasteiger partial charge on any atom is -0.145 e. The monoisotopic (exact) mass is 167 g/mol. The van der Waals surface area contributed by atoms with Gasteiger partial charge in [-0.25, -0.2) is 0 Å². The lowest BCUT2D eigenvalue weighted by Gasteiger charge is -1.99. The zero-order valence-corrected chi connectivity index (χ0v) is 7.14. The Hall–Kier alpha value is -0.830. The smallest absolute Gasteiger partial charge is 0.109 e. The highest BCUT2D eigenvalue weighted by atomic mass is 32.1. The van der Waals surface area contributed by atoms with Crippen molar-refractivity contribution in [3.8, 4) is 0 Å². The SMILES string of the molecule is CCc1ccc(N=O)cc1S. The molecule has 0 aromatic heterocycles. The first-order valence-electron chi connectivity index (χ1n) is 3.43. The molecule has 1 rings (SSSR count). The highest BCUT2D eigenvalue weighted by Crippen LogP contribution is 2.21. The quantitative estimate of drug-likeness (QED) is 0.532. The van der Waals surface area contributed by atoms with Gasteiger partial charge < -0.3 is 0 Å². The minimum absolute atomic E-state index is 0.437. The van der Waals surface area contributed by atoms with E-state index in [0.29, 0.717) is 5.69 Å². The van der Waals surface area contributed by atoms with E-state index in [9.17, 15) is 4.91 Å². The van der Waals surface area contributed by atoms with Crippen LogP contribution in [0, 0.1) is 4.91 Å². The Balaban J connectivity index is 3.09. The lowest BCUT2D eigenvalue weighted by molar-refractivity contribution is 1.08. The topological polar surface area (TPSA) is 29.4 Å². The molecular formula is C8H9NOS. The van der Waals surface area contributed by atoms with E-state index >= 15 is 0 Å². The van der Waals surface area contributed by atoms with Crippen LogP contribution in [0.15, 0.2) is 28.3 Å². The van der Waals surface area contributed by atoms with Gasteiger partial charge >= 0.3 is 0 Å². The fourth-order valence-corrected chi connectivity index (χ4v) is 1.27. The fraction of sp³-hybridized carbons (Fsp3) is 0.250. The van der Waals surface area contributed by atoms with Gasteiger partial charge in [-0.2, -0.15) is 0 Å². The van der Waals surface area contributed by atoms with Crippen LogP contribution in [0.4, 0.5) is 5.69 Å². The number of aryl methyl sites for hydroxylation is 1. The van der Waals surface area contributed by atoms with Crippen molar-refractivity contribution >= 4 is 18.3 Å². The van der Waals surface area contributed by atoms with Crippen molar-refractivity contribution in [1.82, 2.24) is 0 Å². The van der Waals surface area contributed by atoms with Crippen LogP contribution >= 0.6 is 12.6 Å². The highest BCUT2D eigenvalue weighted by molar-refractivity contribution is 7.80. The van der Waals surface area contributed by atoms with Gasteiger partial charge in [0.25, 0.3) is 0 Å². The lowest BCUT2D eigenvalue weighted by atomic mass is 10.1. The van der Waals surface area contributed by atoms with Crippen LogP contribution in [0.1, 0.15) is 12.5 Å². The summed E-state index contributed by atoms with van der Waals surface area (Å²) in [4.78, 5) is 10.9. The zero-order valence-electron chi connectivity index (χ0n) is 6.24. The molecule has 0 bridgehead atoms. The van der Waals surface area contributed by atoms with Crippen LogP contribution in [0.25, 0.3) is 0 Å². The Kier molecular flexibility index (Phi) is 2.65. The van der Waals surface area contributed by atoms with Crippen LogP contribution in [-0.4, -0.2) is 0 Å². The van der Waals surface area contributed by atoms with Crippen LogP contribution < -0.4 is 0 Å². The van der Waals surface area contributed by atoms with Gasteiger partial charge in [-0.1, -0.05) is 13.0 Å². The average Bonchev–Trinajstić information content (AvgIpc) is 2.04. The molecule has 0 saturated heterocycles. The second-order valence-corrected chi connectivity index (χ2v) is 2.74. The first-order chi connectivity index (χ1) is 5.27. The van der Waals surface area contributed by atoms with Gasteiger partial charge in [-0.15, -0.1) is 17.5 Å². The summed E-state index contributed by atoms with van der Waals surface area (Å²) in [5, 5.41) is 2.81. The number of nitrogens with zero attached hydrogens (tertiary/aromatic N) is 1. The molecule has 0 saturated carbocycles. The van der Waals surface area contributed by atoms with E-state index in [1.165, 1.54) is 0 Å². The summed E-state index contributed by atoms with van der Waals surface area (Å²) in [6.45, 7) is 2.04.